The van der Waals surface area contributed by atoms with E-state index in [9.17, 15) is 4.79 Å². The van der Waals surface area contributed by atoms with Crippen LogP contribution in [0.1, 0.15) is 63.2 Å². The molecule has 0 spiro atoms. The summed E-state index contributed by atoms with van der Waals surface area (Å²) in [6.45, 7) is 8.89. The van der Waals surface area contributed by atoms with Gasteiger partial charge in [0.05, 0.1) is 6.04 Å². The average Bonchev–Trinajstić information content (AvgIpc) is 2.57. The minimum atomic E-state index is 0.0547. The van der Waals surface area contributed by atoms with Gasteiger partial charge in [0.25, 0.3) is 0 Å². The molecule has 0 aromatic heterocycles. The Morgan fingerprint density at radius 2 is 1.67 bits per heavy atom. The molecule has 1 aliphatic heterocycles. The lowest BCUT2D eigenvalue weighted by atomic mass is 9.74. The lowest BCUT2D eigenvalue weighted by Gasteiger charge is -2.43. The SMILES string of the molecule is CCC(C(=O)c1ccccc1)N1CCC(CC)(CC)CC1. The number of hydrogen-bond acceptors (Lipinski definition) is 2. The summed E-state index contributed by atoms with van der Waals surface area (Å²) in [5.41, 5.74) is 1.37. The second-order valence-corrected chi connectivity index (χ2v) is 6.40. The molecule has 116 valence electrons. The van der Waals surface area contributed by atoms with Crippen LogP contribution in [0.25, 0.3) is 0 Å². The number of carbonyl (C=O) groups is 1. The van der Waals surface area contributed by atoms with Gasteiger partial charge < -0.3 is 0 Å². The highest BCUT2D eigenvalue weighted by molar-refractivity contribution is 6.00. The van der Waals surface area contributed by atoms with Crippen molar-refractivity contribution in [3.05, 3.63) is 35.9 Å². The van der Waals surface area contributed by atoms with E-state index in [1.54, 1.807) is 0 Å². The van der Waals surface area contributed by atoms with E-state index in [0.29, 0.717) is 11.2 Å². The van der Waals surface area contributed by atoms with Crippen molar-refractivity contribution >= 4 is 5.78 Å². The molecule has 1 saturated heterocycles. The molecule has 21 heavy (non-hydrogen) atoms. The molecule has 1 fully saturated rings. The van der Waals surface area contributed by atoms with E-state index < -0.39 is 0 Å². The fourth-order valence-corrected chi connectivity index (χ4v) is 3.67. The fraction of sp³-hybridized carbons (Fsp3) is 0.632. The minimum Gasteiger partial charge on any atom is -0.293 e. The van der Waals surface area contributed by atoms with Gasteiger partial charge >= 0.3 is 0 Å². The number of piperidine rings is 1. The predicted octanol–water partition coefficient (Wildman–Crippen LogP) is 4.55. The molecule has 2 heteroatoms. The Morgan fingerprint density at radius 3 is 2.14 bits per heavy atom. The minimum absolute atomic E-state index is 0.0547. The first-order valence-electron chi connectivity index (χ1n) is 8.49. The number of ketones is 1. The van der Waals surface area contributed by atoms with Crippen LogP contribution >= 0.6 is 0 Å². The molecule has 2 rings (SSSR count). The van der Waals surface area contributed by atoms with E-state index in [-0.39, 0.29) is 6.04 Å². The molecule has 1 unspecified atom stereocenters. The average molecular weight is 287 g/mol. The first-order chi connectivity index (χ1) is 10.2. The van der Waals surface area contributed by atoms with E-state index in [1.807, 2.05) is 30.3 Å². The maximum Gasteiger partial charge on any atom is 0.179 e. The number of Topliss-reactive ketones (excluding diaryl/α,β-unsaturated/α-hetero) is 1. The molecule has 2 nitrogen and oxygen atoms in total. The van der Waals surface area contributed by atoms with E-state index in [1.165, 1.54) is 25.7 Å². The summed E-state index contributed by atoms with van der Waals surface area (Å²) in [4.78, 5) is 15.1. The van der Waals surface area contributed by atoms with Gasteiger partial charge in [-0.1, -0.05) is 63.9 Å². The first-order valence-corrected chi connectivity index (χ1v) is 8.49. The zero-order valence-electron chi connectivity index (χ0n) is 13.8. The molecule has 1 atom stereocenters. The molecular formula is C19H29NO. The van der Waals surface area contributed by atoms with E-state index >= 15 is 0 Å². The second-order valence-electron chi connectivity index (χ2n) is 6.40. The van der Waals surface area contributed by atoms with Crippen LogP contribution in [0.15, 0.2) is 30.3 Å². The molecule has 0 amide bonds. The van der Waals surface area contributed by atoms with Crippen molar-refractivity contribution < 1.29 is 4.79 Å². The number of benzene rings is 1. The first kappa shape index (κ1) is 16.2. The highest BCUT2D eigenvalue weighted by atomic mass is 16.1. The Bertz CT molecular complexity index is 440. The van der Waals surface area contributed by atoms with Crippen molar-refractivity contribution in [2.75, 3.05) is 13.1 Å². The predicted molar refractivity (Wildman–Crippen MR) is 88.7 cm³/mol. The third-order valence-corrected chi connectivity index (χ3v) is 5.55. The van der Waals surface area contributed by atoms with Crippen LogP contribution in [0.3, 0.4) is 0 Å². The fourth-order valence-electron chi connectivity index (χ4n) is 3.67. The van der Waals surface area contributed by atoms with Gasteiger partial charge in [-0.05, 0) is 37.8 Å². The van der Waals surface area contributed by atoms with Crippen molar-refractivity contribution in [2.24, 2.45) is 5.41 Å². The smallest absolute Gasteiger partial charge is 0.179 e. The van der Waals surface area contributed by atoms with Gasteiger partial charge in [-0.25, -0.2) is 0 Å². The van der Waals surface area contributed by atoms with Gasteiger partial charge in [0.2, 0.25) is 0 Å². The van der Waals surface area contributed by atoms with Crippen molar-refractivity contribution in [3.8, 4) is 0 Å². The molecule has 1 aromatic carbocycles. The normalized spacial score (nSPS) is 20.1. The Balaban J connectivity index is 2.05. The standard InChI is InChI=1S/C19H29NO/c1-4-17(18(21)16-10-8-7-9-11-16)20-14-12-19(5-2,6-3)13-15-20/h7-11,17H,4-6,12-15H2,1-3H3. The molecular weight excluding hydrogens is 258 g/mol. The monoisotopic (exact) mass is 287 g/mol. The van der Waals surface area contributed by atoms with E-state index in [0.717, 1.165) is 25.1 Å². The van der Waals surface area contributed by atoms with Crippen LogP contribution in [0.4, 0.5) is 0 Å². The van der Waals surface area contributed by atoms with Gasteiger partial charge in [0.15, 0.2) is 5.78 Å². The van der Waals surface area contributed by atoms with Crippen molar-refractivity contribution in [1.29, 1.82) is 0 Å². The molecule has 1 heterocycles. The van der Waals surface area contributed by atoms with Crippen molar-refractivity contribution in [1.82, 2.24) is 4.90 Å². The third kappa shape index (κ3) is 3.55. The Labute approximate surface area is 129 Å². The molecule has 0 N–H and O–H groups in total. The van der Waals surface area contributed by atoms with Gasteiger partial charge in [-0.2, -0.15) is 0 Å². The summed E-state index contributed by atoms with van der Waals surface area (Å²) in [6, 6.07) is 9.81. The van der Waals surface area contributed by atoms with Crippen LogP contribution in [0.2, 0.25) is 0 Å². The summed E-state index contributed by atoms with van der Waals surface area (Å²) in [6.07, 6.45) is 5.90. The van der Waals surface area contributed by atoms with E-state index in [4.69, 9.17) is 0 Å². The van der Waals surface area contributed by atoms with Crippen LogP contribution in [-0.2, 0) is 0 Å². The third-order valence-electron chi connectivity index (χ3n) is 5.55. The zero-order chi connectivity index (χ0) is 15.3. The number of likely N-dealkylation sites (tertiary alicyclic amines) is 1. The van der Waals surface area contributed by atoms with Gasteiger partial charge in [0, 0.05) is 5.56 Å². The molecule has 0 radical (unpaired) electrons. The molecule has 0 bridgehead atoms. The summed E-state index contributed by atoms with van der Waals surface area (Å²) >= 11 is 0. The van der Waals surface area contributed by atoms with Crippen molar-refractivity contribution in [2.45, 2.75) is 58.9 Å². The topological polar surface area (TPSA) is 20.3 Å². The summed E-state index contributed by atoms with van der Waals surface area (Å²) in [5.74, 6) is 0.290. The van der Waals surface area contributed by atoms with Crippen LogP contribution in [-0.4, -0.2) is 29.8 Å². The number of carbonyl (C=O) groups excluding carboxylic acids is 1. The molecule has 0 saturated carbocycles. The molecule has 1 aromatic rings. The Kier molecular flexibility index (Phi) is 5.58. The number of hydrogen-bond donors (Lipinski definition) is 0. The van der Waals surface area contributed by atoms with Gasteiger partial charge in [-0.3, -0.25) is 9.69 Å². The summed E-state index contributed by atoms with van der Waals surface area (Å²) < 4.78 is 0. The largest absolute Gasteiger partial charge is 0.293 e. The van der Waals surface area contributed by atoms with Gasteiger partial charge in [0.1, 0.15) is 0 Å². The number of rotatable bonds is 6. The van der Waals surface area contributed by atoms with Crippen molar-refractivity contribution in [3.63, 3.8) is 0 Å². The quantitative estimate of drug-likeness (QED) is 0.715. The molecule has 0 aliphatic carbocycles. The zero-order valence-corrected chi connectivity index (χ0v) is 13.8. The Hall–Kier alpha value is -1.15. The van der Waals surface area contributed by atoms with E-state index in [2.05, 4.69) is 25.7 Å². The maximum atomic E-state index is 12.7. The second kappa shape index (κ2) is 7.22. The van der Waals surface area contributed by atoms with Crippen LogP contribution in [0.5, 0.6) is 0 Å². The highest BCUT2D eigenvalue weighted by Gasteiger charge is 2.35. The molecule has 1 aliphatic rings. The van der Waals surface area contributed by atoms with Gasteiger partial charge in [-0.15, -0.1) is 0 Å². The van der Waals surface area contributed by atoms with Crippen LogP contribution in [0, 0.1) is 5.41 Å². The maximum absolute atomic E-state index is 12.7. The lowest BCUT2D eigenvalue weighted by Crippen LogP contribution is -2.48. The lowest BCUT2D eigenvalue weighted by molar-refractivity contribution is 0.0527. The Morgan fingerprint density at radius 1 is 1.10 bits per heavy atom. The number of nitrogens with zero attached hydrogens (tertiary/aromatic N) is 1. The summed E-state index contributed by atoms with van der Waals surface area (Å²) in [7, 11) is 0. The van der Waals surface area contributed by atoms with Crippen LogP contribution < -0.4 is 0 Å². The summed E-state index contributed by atoms with van der Waals surface area (Å²) in [5, 5.41) is 0. The highest BCUT2D eigenvalue weighted by Crippen LogP contribution is 2.38.